The van der Waals surface area contributed by atoms with Crippen LogP contribution in [0.1, 0.15) is 19.8 Å². The standard InChI is InChI=1S/C9H21N3O2S.ClH/c1-3-4-7-11(2)15(13,14)12-8-5-10-6-9-12;/h10H,3-9H2,1-2H3;1H. The average Bonchev–Trinajstić information content (AvgIpc) is 2.27. The molecule has 0 radical (unpaired) electrons. The first-order valence-electron chi connectivity index (χ1n) is 5.51. The lowest BCUT2D eigenvalue weighted by Crippen LogP contribution is -2.51. The second kappa shape index (κ2) is 7.45. The monoisotopic (exact) mass is 271 g/mol. The predicted octanol–water partition coefficient (Wildman–Crippen LogP) is 0.290. The fourth-order valence-electron chi connectivity index (χ4n) is 1.57. The lowest BCUT2D eigenvalue weighted by atomic mass is 10.3. The quantitative estimate of drug-likeness (QED) is 0.782. The van der Waals surface area contributed by atoms with Crippen LogP contribution in [0.25, 0.3) is 0 Å². The topological polar surface area (TPSA) is 52.7 Å². The molecule has 0 aromatic heterocycles. The largest absolute Gasteiger partial charge is 0.314 e. The summed E-state index contributed by atoms with van der Waals surface area (Å²) in [5.41, 5.74) is 0. The van der Waals surface area contributed by atoms with E-state index in [1.54, 1.807) is 11.4 Å². The summed E-state index contributed by atoms with van der Waals surface area (Å²) in [6.07, 6.45) is 1.93. The smallest absolute Gasteiger partial charge is 0.281 e. The van der Waals surface area contributed by atoms with Crippen molar-refractivity contribution in [3.05, 3.63) is 0 Å². The summed E-state index contributed by atoms with van der Waals surface area (Å²) in [5, 5.41) is 3.14. The van der Waals surface area contributed by atoms with Gasteiger partial charge in [-0.3, -0.25) is 0 Å². The van der Waals surface area contributed by atoms with Crippen LogP contribution in [0.3, 0.4) is 0 Å². The first-order chi connectivity index (χ1) is 7.09. The molecule has 1 rings (SSSR count). The SMILES string of the molecule is CCCCN(C)S(=O)(=O)N1CCNCC1.Cl. The van der Waals surface area contributed by atoms with Gasteiger partial charge in [0.1, 0.15) is 0 Å². The van der Waals surface area contributed by atoms with Crippen molar-refractivity contribution in [1.29, 1.82) is 0 Å². The minimum absolute atomic E-state index is 0. The summed E-state index contributed by atoms with van der Waals surface area (Å²) >= 11 is 0. The van der Waals surface area contributed by atoms with Gasteiger partial charge in [0.25, 0.3) is 10.2 Å². The zero-order valence-electron chi connectivity index (χ0n) is 9.98. The van der Waals surface area contributed by atoms with Crippen molar-refractivity contribution in [2.45, 2.75) is 19.8 Å². The number of halogens is 1. The molecule has 16 heavy (non-hydrogen) atoms. The van der Waals surface area contributed by atoms with E-state index in [9.17, 15) is 8.42 Å². The number of unbranched alkanes of at least 4 members (excludes halogenated alkanes) is 1. The van der Waals surface area contributed by atoms with Gasteiger partial charge in [0.05, 0.1) is 0 Å². The van der Waals surface area contributed by atoms with Crippen LogP contribution in [-0.4, -0.2) is 56.8 Å². The van der Waals surface area contributed by atoms with E-state index in [1.165, 1.54) is 4.31 Å². The van der Waals surface area contributed by atoms with E-state index in [1.807, 2.05) is 0 Å². The van der Waals surface area contributed by atoms with Gasteiger partial charge in [-0.2, -0.15) is 17.0 Å². The van der Waals surface area contributed by atoms with Crippen LogP contribution in [0.2, 0.25) is 0 Å². The average molecular weight is 272 g/mol. The molecule has 7 heteroatoms. The summed E-state index contributed by atoms with van der Waals surface area (Å²) in [5.74, 6) is 0. The molecule has 0 saturated carbocycles. The number of hydrogen-bond donors (Lipinski definition) is 1. The van der Waals surface area contributed by atoms with Gasteiger partial charge in [-0.1, -0.05) is 13.3 Å². The molecule has 1 aliphatic heterocycles. The van der Waals surface area contributed by atoms with E-state index in [-0.39, 0.29) is 12.4 Å². The molecule has 0 spiro atoms. The maximum atomic E-state index is 12.0. The molecule has 0 aromatic rings. The Labute approximate surface area is 105 Å². The Hall–Kier alpha value is 0.120. The Balaban J connectivity index is 0.00000225. The van der Waals surface area contributed by atoms with Gasteiger partial charge in [-0.05, 0) is 6.42 Å². The molecule has 0 bridgehead atoms. The number of piperazine rings is 1. The van der Waals surface area contributed by atoms with Crippen LogP contribution in [0.5, 0.6) is 0 Å². The van der Waals surface area contributed by atoms with Gasteiger partial charge < -0.3 is 5.32 Å². The second-order valence-corrected chi connectivity index (χ2v) is 5.87. The zero-order valence-corrected chi connectivity index (χ0v) is 11.6. The highest BCUT2D eigenvalue weighted by atomic mass is 35.5. The molecule has 1 saturated heterocycles. The van der Waals surface area contributed by atoms with Crippen molar-refractivity contribution >= 4 is 22.6 Å². The molecule has 0 aromatic carbocycles. The minimum atomic E-state index is -3.21. The van der Waals surface area contributed by atoms with Gasteiger partial charge in [-0.25, -0.2) is 0 Å². The third kappa shape index (κ3) is 4.18. The Morgan fingerprint density at radius 2 is 1.88 bits per heavy atom. The van der Waals surface area contributed by atoms with Gasteiger partial charge in [0.2, 0.25) is 0 Å². The summed E-state index contributed by atoms with van der Waals surface area (Å²) in [6, 6.07) is 0. The molecule has 1 N–H and O–H groups in total. The summed E-state index contributed by atoms with van der Waals surface area (Å²) in [6.45, 7) is 5.34. The number of nitrogens with zero attached hydrogens (tertiary/aromatic N) is 2. The molecule has 1 heterocycles. The lowest BCUT2D eigenvalue weighted by molar-refractivity contribution is 0.325. The van der Waals surface area contributed by atoms with Crippen LogP contribution in [-0.2, 0) is 10.2 Å². The Morgan fingerprint density at radius 1 is 1.31 bits per heavy atom. The van der Waals surface area contributed by atoms with E-state index in [2.05, 4.69) is 12.2 Å². The number of nitrogens with one attached hydrogen (secondary N) is 1. The highest BCUT2D eigenvalue weighted by Crippen LogP contribution is 2.08. The first kappa shape index (κ1) is 16.1. The van der Waals surface area contributed by atoms with E-state index >= 15 is 0 Å². The fraction of sp³-hybridized carbons (Fsp3) is 1.00. The Morgan fingerprint density at radius 3 is 2.38 bits per heavy atom. The van der Waals surface area contributed by atoms with E-state index in [4.69, 9.17) is 0 Å². The summed E-state index contributed by atoms with van der Waals surface area (Å²) < 4.78 is 27.0. The predicted molar refractivity (Wildman–Crippen MR) is 68.1 cm³/mol. The van der Waals surface area contributed by atoms with Gasteiger partial charge in [-0.15, -0.1) is 12.4 Å². The van der Waals surface area contributed by atoms with Crippen molar-refractivity contribution in [2.75, 3.05) is 39.8 Å². The zero-order chi connectivity index (χ0) is 11.3. The molecule has 0 unspecified atom stereocenters. The lowest BCUT2D eigenvalue weighted by Gasteiger charge is -2.30. The fourth-order valence-corrected chi connectivity index (χ4v) is 2.97. The van der Waals surface area contributed by atoms with Crippen molar-refractivity contribution in [2.24, 2.45) is 0 Å². The molecular formula is C9H22ClN3O2S. The minimum Gasteiger partial charge on any atom is -0.314 e. The van der Waals surface area contributed by atoms with Crippen LogP contribution < -0.4 is 5.32 Å². The van der Waals surface area contributed by atoms with Crippen LogP contribution in [0.4, 0.5) is 0 Å². The van der Waals surface area contributed by atoms with E-state index in [0.29, 0.717) is 19.6 Å². The summed E-state index contributed by atoms with van der Waals surface area (Å²) in [7, 11) is -1.55. The van der Waals surface area contributed by atoms with Crippen molar-refractivity contribution in [3.63, 3.8) is 0 Å². The van der Waals surface area contributed by atoms with E-state index < -0.39 is 10.2 Å². The Bertz CT molecular complexity index is 278. The van der Waals surface area contributed by atoms with Crippen molar-refractivity contribution in [1.82, 2.24) is 13.9 Å². The Kier molecular flexibility index (Phi) is 7.50. The summed E-state index contributed by atoms with van der Waals surface area (Å²) in [4.78, 5) is 0. The van der Waals surface area contributed by atoms with Crippen molar-refractivity contribution in [3.8, 4) is 0 Å². The molecule has 0 aliphatic carbocycles. The van der Waals surface area contributed by atoms with Crippen molar-refractivity contribution < 1.29 is 8.42 Å². The number of hydrogen-bond acceptors (Lipinski definition) is 3. The highest BCUT2D eigenvalue weighted by molar-refractivity contribution is 7.86. The maximum Gasteiger partial charge on any atom is 0.281 e. The molecule has 0 amide bonds. The number of rotatable bonds is 5. The highest BCUT2D eigenvalue weighted by Gasteiger charge is 2.27. The van der Waals surface area contributed by atoms with Gasteiger partial charge >= 0.3 is 0 Å². The van der Waals surface area contributed by atoms with Gasteiger partial charge in [0.15, 0.2) is 0 Å². The molecule has 0 atom stereocenters. The van der Waals surface area contributed by atoms with E-state index in [0.717, 1.165) is 25.9 Å². The van der Waals surface area contributed by atoms with Crippen LogP contribution >= 0.6 is 12.4 Å². The molecular weight excluding hydrogens is 250 g/mol. The molecule has 5 nitrogen and oxygen atoms in total. The van der Waals surface area contributed by atoms with Crippen LogP contribution in [0, 0.1) is 0 Å². The normalized spacial score (nSPS) is 18.4. The first-order valence-corrected chi connectivity index (χ1v) is 6.91. The molecule has 98 valence electrons. The van der Waals surface area contributed by atoms with Crippen LogP contribution in [0.15, 0.2) is 0 Å². The maximum absolute atomic E-state index is 12.0. The molecule has 1 fully saturated rings. The second-order valence-electron chi connectivity index (χ2n) is 3.83. The van der Waals surface area contributed by atoms with Gasteiger partial charge in [0, 0.05) is 39.8 Å². The molecule has 1 aliphatic rings. The third-order valence-electron chi connectivity index (χ3n) is 2.62. The third-order valence-corrected chi connectivity index (χ3v) is 4.61.